The lowest BCUT2D eigenvalue weighted by molar-refractivity contribution is -0.123. The molecule has 0 aromatic carbocycles. The van der Waals surface area contributed by atoms with Crippen LogP contribution >= 0.6 is 0 Å². The quantitative estimate of drug-likeness (QED) is 0.652. The fourth-order valence-corrected chi connectivity index (χ4v) is 1.44. The lowest BCUT2D eigenvalue weighted by Crippen LogP contribution is -2.23. The van der Waals surface area contributed by atoms with Crippen LogP contribution in [0.4, 0.5) is 0 Å². The Morgan fingerprint density at radius 1 is 1.43 bits per heavy atom. The third-order valence-corrected chi connectivity index (χ3v) is 2.84. The number of rotatable bonds is 2. The van der Waals surface area contributed by atoms with Crippen molar-refractivity contribution in [3.63, 3.8) is 0 Å². The highest BCUT2D eigenvalue weighted by atomic mass is 16.1. The van der Waals surface area contributed by atoms with Crippen molar-refractivity contribution in [2.24, 2.45) is 5.41 Å². The molecule has 0 aromatic heterocycles. The molecule has 0 fully saturated rings. The molecule has 14 heavy (non-hydrogen) atoms. The highest BCUT2D eigenvalue weighted by Gasteiger charge is 2.27. The van der Waals surface area contributed by atoms with Gasteiger partial charge < -0.3 is 0 Å². The first-order chi connectivity index (χ1) is 6.44. The molecule has 0 radical (unpaired) electrons. The summed E-state index contributed by atoms with van der Waals surface area (Å²) < 4.78 is 0. The molecular formula is C13H18O. The zero-order valence-electron chi connectivity index (χ0n) is 9.42. The van der Waals surface area contributed by atoms with E-state index in [9.17, 15) is 4.79 Å². The van der Waals surface area contributed by atoms with Crippen LogP contribution in [0, 0.1) is 5.41 Å². The fraction of sp³-hybridized carbons (Fsp3) is 0.462. The molecule has 0 saturated heterocycles. The molecule has 0 aliphatic heterocycles. The molecule has 0 heterocycles. The van der Waals surface area contributed by atoms with Crippen LogP contribution < -0.4 is 0 Å². The van der Waals surface area contributed by atoms with E-state index in [0.29, 0.717) is 0 Å². The molecule has 0 spiro atoms. The summed E-state index contributed by atoms with van der Waals surface area (Å²) in [4.78, 5) is 11.5. The Kier molecular flexibility index (Phi) is 3.10. The Labute approximate surface area is 86.2 Å². The van der Waals surface area contributed by atoms with Gasteiger partial charge in [0.25, 0.3) is 0 Å². The van der Waals surface area contributed by atoms with Gasteiger partial charge in [0.1, 0.15) is 5.78 Å². The van der Waals surface area contributed by atoms with Crippen LogP contribution in [0.15, 0.2) is 35.5 Å². The van der Waals surface area contributed by atoms with Crippen LogP contribution in [0.25, 0.3) is 0 Å². The zero-order chi connectivity index (χ0) is 10.8. The van der Waals surface area contributed by atoms with Crippen LogP contribution in [0.5, 0.6) is 0 Å². The SMILES string of the molecule is CC(=O)C(C)(C)C1=CCC=CC(C)=C1. The number of ketones is 1. The van der Waals surface area contributed by atoms with Gasteiger partial charge in [-0.2, -0.15) is 0 Å². The van der Waals surface area contributed by atoms with E-state index < -0.39 is 0 Å². The Morgan fingerprint density at radius 2 is 2.07 bits per heavy atom. The summed E-state index contributed by atoms with van der Waals surface area (Å²) >= 11 is 0. The molecule has 1 aliphatic rings. The van der Waals surface area contributed by atoms with E-state index in [1.54, 1.807) is 6.92 Å². The maximum absolute atomic E-state index is 11.5. The molecule has 0 aromatic rings. The van der Waals surface area contributed by atoms with Crippen molar-refractivity contribution in [3.05, 3.63) is 35.5 Å². The lowest BCUT2D eigenvalue weighted by atomic mass is 9.79. The van der Waals surface area contributed by atoms with Crippen molar-refractivity contribution in [1.29, 1.82) is 0 Å². The maximum Gasteiger partial charge on any atom is 0.139 e. The first kappa shape index (κ1) is 11.0. The average Bonchev–Trinajstić information content (AvgIpc) is 2.29. The van der Waals surface area contributed by atoms with Gasteiger partial charge in [0.2, 0.25) is 0 Å². The van der Waals surface area contributed by atoms with Crippen LogP contribution in [0.2, 0.25) is 0 Å². The van der Waals surface area contributed by atoms with Crippen molar-refractivity contribution in [2.45, 2.75) is 34.1 Å². The van der Waals surface area contributed by atoms with Gasteiger partial charge in [0, 0.05) is 5.41 Å². The molecule has 1 rings (SSSR count). The van der Waals surface area contributed by atoms with Crippen molar-refractivity contribution in [2.75, 3.05) is 0 Å². The summed E-state index contributed by atoms with van der Waals surface area (Å²) in [6.07, 6.45) is 9.37. The van der Waals surface area contributed by atoms with E-state index in [2.05, 4.69) is 31.2 Å². The molecule has 0 amide bonds. The van der Waals surface area contributed by atoms with Gasteiger partial charge in [-0.15, -0.1) is 0 Å². The molecule has 76 valence electrons. The molecule has 0 bridgehead atoms. The summed E-state index contributed by atoms with van der Waals surface area (Å²) in [6, 6.07) is 0. The second kappa shape index (κ2) is 3.95. The minimum absolute atomic E-state index is 0.217. The second-order valence-corrected chi connectivity index (χ2v) is 4.37. The molecule has 0 atom stereocenters. The first-order valence-corrected chi connectivity index (χ1v) is 5.01. The number of carbonyl (C=O) groups excluding carboxylic acids is 1. The van der Waals surface area contributed by atoms with Gasteiger partial charge in [-0.3, -0.25) is 4.79 Å². The minimum Gasteiger partial charge on any atom is -0.299 e. The van der Waals surface area contributed by atoms with Crippen molar-refractivity contribution in [1.82, 2.24) is 0 Å². The molecule has 0 N–H and O–H groups in total. The Morgan fingerprint density at radius 3 is 2.64 bits per heavy atom. The summed E-state index contributed by atoms with van der Waals surface area (Å²) in [5.41, 5.74) is 1.99. The third-order valence-electron chi connectivity index (χ3n) is 2.84. The van der Waals surface area contributed by atoms with Gasteiger partial charge in [-0.25, -0.2) is 0 Å². The van der Waals surface area contributed by atoms with Gasteiger partial charge in [0.05, 0.1) is 0 Å². The predicted molar refractivity (Wildman–Crippen MR) is 60.1 cm³/mol. The maximum atomic E-state index is 11.5. The standard InChI is InChI=1S/C13H18O/c1-10-7-5-6-8-12(9-10)13(3,4)11(2)14/h5,7-9H,6H2,1-4H3. The first-order valence-electron chi connectivity index (χ1n) is 5.01. The van der Waals surface area contributed by atoms with Gasteiger partial charge in [-0.1, -0.05) is 29.9 Å². The van der Waals surface area contributed by atoms with E-state index in [1.165, 1.54) is 5.57 Å². The van der Waals surface area contributed by atoms with Crippen LogP contribution in [0.3, 0.4) is 0 Å². The third kappa shape index (κ3) is 2.22. The average molecular weight is 190 g/mol. The second-order valence-electron chi connectivity index (χ2n) is 4.37. The molecule has 0 saturated carbocycles. The predicted octanol–water partition coefficient (Wildman–Crippen LogP) is 3.43. The molecule has 1 nitrogen and oxygen atoms in total. The zero-order valence-corrected chi connectivity index (χ0v) is 9.42. The Hall–Kier alpha value is -1.11. The molecular weight excluding hydrogens is 172 g/mol. The van der Waals surface area contributed by atoms with E-state index >= 15 is 0 Å². The monoisotopic (exact) mass is 190 g/mol. The van der Waals surface area contributed by atoms with Crippen molar-refractivity contribution < 1.29 is 4.79 Å². The number of hydrogen-bond donors (Lipinski definition) is 0. The molecule has 1 aliphatic carbocycles. The van der Waals surface area contributed by atoms with Crippen LogP contribution in [-0.4, -0.2) is 5.78 Å². The lowest BCUT2D eigenvalue weighted by Gasteiger charge is -2.23. The van der Waals surface area contributed by atoms with E-state index in [4.69, 9.17) is 0 Å². The highest BCUT2D eigenvalue weighted by molar-refractivity contribution is 5.85. The van der Waals surface area contributed by atoms with Crippen LogP contribution in [0.1, 0.15) is 34.1 Å². The van der Waals surface area contributed by atoms with Crippen molar-refractivity contribution in [3.8, 4) is 0 Å². The van der Waals surface area contributed by atoms with E-state index in [1.807, 2.05) is 13.8 Å². The number of carbonyl (C=O) groups is 1. The largest absolute Gasteiger partial charge is 0.299 e. The van der Waals surface area contributed by atoms with Gasteiger partial charge >= 0.3 is 0 Å². The summed E-state index contributed by atoms with van der Waals surface area (Å²) in [7, 11) is 0. The van der Waals surface area contributed by atoms with E-state index in [0.717, 1.165) is 12.0 Å². The number of hydrogen-bond acceptors (Lipinski definition) is 1. The smallest absolute Gasteiger partial charge is 0.139 e. The normalized spacial score (nSPS) is 17.1. The molecule has 0 unspecified atom stereocenters. The highest BCUT2D eigenvalue weighted by Crippen LogP contribution is 2.30. The summed E-state index contributed by atoms with van der Waals surface area (Å²) in [5.74, 6) is 0.217. The van der Waals surface area contributed by atoms with Crippen molar-refractivity contribution >= 4 is 5.78 Å². The fourth-order valence-electron chi connectivity index (χ4n) is 1.44. The van der Waals surface area contributed by atoms with Crippen LogP contribution in [-0.2, 0) is 4.79 Å². The van der Waals surface area contributed by atoms with Gasteiger partial charge in [-0.05, 0) is 39.7 Å². The Bertz CT molecular complexity index is 327. The summed E-state index contributed by atoms with van der Waals surface area (Å²) in [5, 5.41) is 0. The number of Topliss-reactive ketones (excluding diaryl/α,β-unsaturated/α-hetero) is 1. The Balaban J connectivity index is 3.05. The topological polar surface area (TPSA) is 17.1 Å². The van der Waals surface area contributed by atoms with Gasteiger partial charge in [0.15, 0.2) is 0 Å². The van der Waals surface area contributed by atoms with E-state index in [-0.39, 0.29) is 11.2 Å². The summed E-state index contributed by atoms with van der Waals surface area (Å²) in [6.45, 7) is 7.68. The minimum atomic E-state index is -0.354. The molecule has 1 heteroatoms. The number of allylic oxidation sites excluding steroid dienone is 6.